The first kappa shape index (κ1) is 14.5. The minimum Gasteiger partial charge on any atom is -0.390 e. The molecule has 1 aromatic carbocycles. The van der Waals surface area contributed by atoms with Crippen LogP contribution in [0.2, 0.25) is 0 Å². The van der Waals surface area contributed by atoms with E-state index in [1.807, 2.05) is 23.1 Å². The highest BCUT2D eigenvalue weighted by Gasteiger charge is 2.45. The Labute approximate surface area is 126 Å². The number of nitrogens with one attached hydrogen (secondary N) is 1. The second kappa shape index (κ2) is 6.16. The molecule has 0 radical (unpaired) electrons. The van der Waals surface area contributed by atoms with Gasteiger partial charge in [-0.3, -0.25) is 4.79 Å². The predicted octanol–water partition coefficient (Wildman–Crippen LogP) is 1.29. The lowest BCUT2D eigenvalue weighted by atomic mass is 9.77. The van der Waals surface area contributed by atoms with Gasteiger partial charge in [0.25, 0.3) is 0 Å². The van der Waals surface area contributed by atoms with Gasteiger partial charge in [-0.05, 0) is 18.4 Å². The van der Waals surface area contributed by atoms with Crippen LogP contribution < -0.4 is 5.32 Å². The molecule has 0 bridgehead atoms. The van der Waals surface area contributed by atoms with Crippen LogP contribution in [-0.4, -0.2) is 48.2 Å². The monoisotopic (exact) mass is 288 g/mol. The van der Waals surface area contributed by atoms with Gasteiger partial charge in [-0.15, -0.1) is 0 Å². The van der Waals surface area contributed by atoms with E-state index in [9.17, 15) is 9.90 Å². The van der Waals surface area contributed by atoms with Crippen molar-refractivity contribution < 1.29 is 9.90 Å². The first-order valence-corrected chi connectivity index (χ1v) is 7.96. The molecule has 2 fully saturated rings. The van der Waals surface area contributed by atoms with Crippen molar-refractivity contribution >= 4 is 5.91 Å². The molecule has 114 valence electrons. The van der Waals surface area contributed by atoms with Crippen LogP contribution in [0.15, 0.2) is 30.3 Å². The summed E-state index contributed by atoms with van der Waals surface area (Å²) in [5.41, 5.74) is 0.768. The fraction of sp³-hybridized carbons (Fsp3) is 0.588. The summed E-state index contributed by atoms with van der Waals surface area (Å²) < 4.78 is 0. The normalized spacial score (nSPS) is 25.6. The molecule has 1 amide bonds. The lowest BCUT2D eigenvalue weighted by molar-refractivity contribution is -0.138. The molecule has 1 saturated heterocycles. The quantitative estimate of drug-likeness (QED) is 0.862. The third kappa shape index (κ3) is 2.83. The topological polar surface area (TPSA) is 52.6 Å². The molecule has 2 aliphatic rings. The zero-order valence-corrected chi connectivity index (χ0v) is 12.4. The zero-order chi connectivity index (χ0) is 14.7. The number of carbonyl (C=O) groups is 1. The van der Waals surface area contributed by atoms with Gasteiger partial charge >= 0.3 is 0 Å². The number of aliphatic hydroxyl groups excluding tert-OH is 1. The smallest absolute Gasteiger partial charge is 0.233 e. The zero-order valence-electron chi connectivity index (χ0n) is 12.4. The lowest BCUT2D eigenvalue weighted by Gasteiger charge is -2.34. The van der Waals surface area contributed by atoms with Crippen LogP contribution in [0.4, 0.5) is 0 Å². The van der Waals surface area contributed by atoms with Crippen molar-refractivity contribution in [3.63, 3.8) is 0 Å². The van der Waals surface area contributed by atoms with Gasteiger partial charge in [0.05, 0.1) is 11.5 Å². The molecule has 0 unspecified atom stereocenters. The molecule has 4 nitrogen and oxygen atoms in total. The molecule has 1 aromatic rings. The summed E-state index contributed by atoms with van der Waals surface area (Å²) in [6.45, 7) is 2.46. The van der Waals surface area contributed by atoms with Gasteiger partial charge in [0.2, 0.25) is 5.91 Å². The molecular formula is C17H24N2O2. The van der Waals surface area contributed by atoms with Crippen LogP contribution in [0.5, 0.6) is 0 Å². The molecular weight excluding hydrogens is 264 g/mol. The predicted molar refractivity (Wildman–Crippen MR) is 82.0 cm³/mol. The second-order valence-electron chi connectivity index (χ2n) is 6.26. The van der Waals surface area contributed by atoms with E-state index in [1.165, 1.54) is 0 Å². The number of rotatable bonds is 2. The molecule has 2 N–H and O–H groups in total. The van der Waals surface area contributed by atoms with E-state index in [1.54, 1.807) is 0 Å². The SMILES string of the molecule is O=C(N1CCNC[C@H](O)C1)C1(c2ccccc2)CCCC1. The van der Waals surface area contributed by atoms with Gasteiger partial charge in [0.15, 0.2) is 0 Å². The molecule has 21 heavy (non-hydrogen) atoms. The summed E-state index contributed by atoms with van der Waals surface area (Å²) in [7, 11) is 0. The molecule has 0 aromatic heterocycles. The van der Waals surface area contributed by atoms with Gasteiger partial charge in [-0.1, -0.05) is 43.2 Å². The average molecular weight is 288 g/mol. The van der Waals surface area contributed by atoms with E-state index >= 15 is 0 Å². The Morgan fingerprint density at radius 2 is 1.95 bits per heavy atom. The Bertz CT molecular complexity index is 483. The molecule has 3 rings (SSSR count). The first-order valence-electron chi connectivity index (χ1n) is 7.96. The number of β-amino-alcohol motifs (C(OH)–C–C–N with tert-alkyl or cyclic N) is 1. The minimum atomic E-state index is -0.467. The minimum absolute atomic E-state index is 0.203. The van der Waals surface area contributed by atoms with Crippen molar-refractivity contribution in [1.29, 1.82) is 0 Å². The molecule has 1 heterocycles. The summed E-state index contributed by atoms with van der Waals surface area (Å²) >= 11 is 0. The van der Waals surface area contributed by atoms with E-state index in [2.05, 4.69) is 17.4 Å². The third-order valence-corrected chi connectivity index (χ3v) is 4.85. The number of carbonyl (C=O) groups excluding carboxylic acids is 1. The number of hydrogen-bond donors (Lipinski definition) is 2. The largest absolute Gasteiger partial charge is 0.390 e. The van der Waals surface area contributed by atoms with E-state index in [-0.39, 0.29) is 11.3 Å². The van der Waals surface area contributed by atoms with E-state index in [0.717, 1.165) is 37.8 Å². The Morgan fingerprint density at radius 3 is 2.67 bits per heavy atom. The number of hydrogen-bond acceptors (Lipinski definition) is 3. The van der Waals surface area contributed by atoms with E-state index in [4.69, 9.17) is 0 Å². The van der Waals surface area contributed by atoms with Crippen LogP contribution in [0.25, 0.3) is 0 Å². The summed E-state index contributed by atoms with van der Waals surface area (Å²) in [6.07, 6.45) is 3.60. The molecule has 1 saturated carbocycles. The molecule has 1 atom stereocenters. The van der Waals surface area contributed by atoms with Crippen molar-refractivity contribution in [2.45, 2.75) is 37.2 Å². The standard InChI is InChI=1S/C17H24N2O2/c20-15-12-18-10-11-19(13-15)16(21)17(8-4-5-9-17)14-6-2-1-3-7-14/h1-3,6-7,15,18,20H,4-5,8-13H2/t15-/m0/s1. The molecule has 1 aliphatic carbocycles. The van der Waals surface area contributed by atoms with Gasteiger partial charge in [-0.2, -0.15) is 0 Å². The van der Waals surface area contributed by atoms with Crippen LogP contribution >= 0.6 is 0 Å². The van der Waals surface area contributed by atoms with Crippen LogP contribution in [0.3, 0.4) is 0 Å². The number of nitrogens with zero attached hydrogens (tertiary/aromatic N) is 1. The number of benzene rings is 1. The Hall–Kier alpha value is -1.39. The Morgan fingerprint density at radius 1 is 1.24 bits per heavy atom. The van der Waals surface area contributed by atoms with Gasteiger partial charge in [0, 0.05) is 26.2 Å². The Balaban J connectivity index is 1.88. The van der Waals surface area contributed by atoms with E-state index < -0.39 is 6.10 Å². The van der Waals surface area contributed by atoms with Crippen molar-refractivity contribution in [2.24, 2.45) is 0 Å². The number of amides is 1. The summed E-state index contributed by atoms with van der Waals surface area (Å²) in [4.78, 5) is 15.1. The Kier molecular flexibility index (Phi) is 4.27. The van der Waals surface area contributed by atoms with Gasteiger partial charge < -0.3 is 15.3 Å². The molecule has 1 aliphatic heterocycles. The summed E-state index contributed by atoms with van der Waals surface area (Å²) in [6, 6.07) is 10.2. The van der Waals surface area contributed by atoms with E-state index in [0.29, 0.717) is 19.6 Å². The summed E-state index contributed by atoms with van der Waals surface area (Å²) in [5.74, 6) is 0.203. The number of aliphatic hydroxyl groups is 1. The maximum Gasteiger partial charge on any atom is 0.233 e. The van der Waals surface area contributed by atoms with Crippen LogP contribution in [-0.2, 0) is 10.2 Å². The van der Waals surface area contributed by atoms with Crippen molar-refractivity contribution in [2.75, 3.05) is 26.2 Å². The maximum absolute atomic E-state index is 13.2. The third-order valence-electron chi connectivity index (χ3n) is 4.85. The second-order valence-corrected chi connectivity index (χ2v) is 6.26. The van der Waals surface area contributed by atoms with Gasteiger partial charge in [-0.25, -0.2) is 0 Å². The highest BCUT2D eigenvalue weighted by molar-refractivity contribution is 5.88. The van der Waals surface area contributed by atoms with Crippen molar-refractivity contribution in [3.05, 3.63) is 35.9 Å². The van der Waals surface area contributed by atoms with Crippen LogP contribution in [0, 0.1) is 0 Å². The molecule has 4 heteroatoms. The van der Waals surface area contributed by atoms with Crippen molar-refractivity contribution in [3.8, 4) is 0 Å². The highest BCUT2D eigenvalue weighted by atomic mass is 16.3. The fourth-order valence-corrected chi connectivity index (χ4v) is 3.74. The maximum atomic E-state index is 13.2. The van der Waals surface area contributed by atoms with Crippen LogP contribution in [0.1, 0.15) is 31.2 Å². The lowest BCUT2D eigenvalue weighted by Crippen LogP contribution is -2.48. The highest BCUT2D eigenvalue weighted by Crippen LogP contribution is 2.42. The molecule has 0 spiro atoms. The van der Waals surface area contributed by atoms with Gasteiger partial charge in [0.1, 0.15) is 0 Å². The average Bonchev–Trinajstić information content (AvgIpc) is 2.92. The summed E-state index contributed by atoms with van der Waals surface area (Å²) in [5, 5.41) is 13.1. The van der Waals surface area contributed by atoms with Crippen molar-refractivity contribution in [1.82, 2.24) is 10.2 Å². The fourth-order valence-electron chi connectivity index (χ4n) is 3.74. The first-order chi connectivity index (χ1) is 10.2.